The highest BCUT2D eigenvalue weighted by atomic mass is 35.5. The summed E-state index contributed by atoms with van der Waals surface area (Å²) in [6.45, 7) is 3.68. The molecule has 0 spiro atoms. The van der Waals surface area contributed by atoms with Crippen LogP contribution in [0.25, 0.3) is 21.3 Å². The van der Waals surface area contributed by atoms with Crippen molar-refractivity contribution in [2.75, 3.05) is 5.32 Å². The van der Waals surface area contributed by atoms with E-state index in [1.54, 1.807) is 30.3 Å². The minimum atomic E-state index is -0.461. The predicted octanol–water partition coefficient (Wildman–Crippen LogP) is 4.40. The summed E-state index contributed by atoms with van der Waals surface area (Å²) in [6.07, 6.45) is 0. The van der Waals surface area contributed by atoms with E-state index in [1.165, 1.54) is 16.0 Å². The Balaban J connectivity index is 1.71. The van der Waals surface area contributed by atoms with E-state index in [9.17, 15) is 9.59 Å². The highest BCUT2D eigenvalue weighted by molar-refractivity contribution is 7.18. The monoisotopic (exact) mass is 425 g/mol. The van der Waals surface area contributed by atoms with Gasteiger partial charge in [-0.1, -0.05) is 59.3 Å². The van der Waals surface area contributed by atoms with Gasteiger partial charge in [0.25, 0.3) is 11.5 Å². The Bertz CT molecular complexity index is 1280. The molecule has 2 heterocycles. The molecule has 29 heavy (non-hydrogen) atoms. The van der Waals surface area contributed by atoms with E-state index in [2.05, 4.69) is 20.6 Å². The van der Waals surface area contributed by atoms with Crippen LogP contribution in [0.3, 0.4) is 0 Å². The molecule has 0 radical (unpaired) electrons. The van der Waals surface area contributed by atoms with Gasteiger partial charge in [-0.2, -0.15) is 5.10 Å². The maximum absolute atomic E-state index is 13.0. The van der Waals surface area contributed by atoms with Gasteiger partial charge in [0.15, 0.2) is 10.7 Å². The van der Waals surface area contributed by atoms with Gasteiger partial charge in [0.05, 0.1) is 16.5 Å². The van der Waals surface area contributed by atoms with E-state index in [4.69, 9.17) is 11.6 Å². The molecule has 4 rings (SSSR count). The number of hydrogen-bond donors (Lipinski definition) is 1. The average Bonchev–Trinajstić information content (AvgIpc) is 3.16. The van der Waals surface area contributed by atoms with E-state index < -0.39 is 5.91 Å². The van der Waals surface area contributed by atoms with Crippen LogP contribution >= 0.6 is 22.9 Å². The van der Waals surface area contributed by atoms with Gasteiger partial charge in [-0.05, 0) is 26.0 Å². The van der Waals surface area contributed by atoms with Gasteiger partial charge in [0.1, 0.15) is 0 Å². The summed E-state index contributed by atoms with van der Waals surface area (Å²) < 4.78 is 1.31. The van der Waals surface area contributed by atoms with Crippen LogP contribution in [-0.2, 0) is 0 Å². The second-order valence-electron chi connectivity index (χ2n) is 6.58. The number of aromatic nitrogens is 4. The van der Waals surface area contributed by atoms with Crippen molar-refractivity contribution in [2.24, 2.45) is 0 Å². The largest absolute Gasteiger partial charge is 0.295 e. The van der Waals surface area contributed by atoms with Crippen LogP contribution in [0.15, 0.2) is 53.3 Å². The summed E-state index contributed by atoms with van der Waals surface area (Å²) in [6, 6.07) is 14.0. The van der Waals surface area contributed by atoms with Gasteiger partial charge in [-0.3, -0.25) is 14.9 Å². The molecule has 2 aromatic carbocycles. The van der Waals surface area contributed by atoms with E-state index in [1.807, 2.05) is 32.0 Å². The van der Waals surface area contributed by atoms with Crippen molar-refractivity contribution >= 4 is 44.7 Å². The topological polar surface area (TPSA) is 89.8 Å². The molecule has 0 fully saturated rings. The molecule has 0 bridgehead atoms. The molecule has 7 nitrogen and oxygen atoms in total. The Morgan fingerprint density at radius 2 is 1.76 bits per heavy atom. The number of carbonyl (C=O) groups is 1. The van der Waals surface area contributed by atoms with Crippen LogP contribution in [0.5, 0.6) is 0 Å². The summed E-state index contributed by atoms with van der Waals surface area (Å²) >= 11 is 7.41. The molecule has 0 saturated carbocycles. The molecule has 1 N–H and O–H groups in total. The van der Waals surface area contributed by atoms with Crippen molar-refractivity contribution in [1.82, 2.24) is 20.0 Å². The maximum atomic E-state index is 13.0. The van der Waals surface area contributed by atoms with Crippen molar-refractivity contribution in [2.45, 2.75) is 19.9 Å². The number of nitrogens with one attached hydrogen (secondary N) is 1. The minimum Gasteiger partial charge on any atom is -0.295 e. The Morgan fingerprint density at radius 3 is 2.48 bits per heavy atom. The van der Waals surface area contributed by atoms with Crippen molar-refractivity contribution in [3.8, 4) is 10.6 Å². The molecule has 0 unspecified atom stereocenters. The van der Waals surface area contributed by atoms with Gasteiger partial charge in [-0.25, -0.2) is 4.68 Å². The summed E-state index contributed by atoms with van der Waals surface area (Å²) in [5, 5.41) is 17.6. The molecule has 0 saturated heterocycles. The van der Waals surface area contributed by atoms with Crippen LogP contribution in [0.2, 0.25) is 5.02 Å². The molecule has 2 aromatic heterocycles. The first-order valence-electron chi connectivity index (χ1n) is 8.87. The minimum absolute atomic E-state index is 0.156. The van der Waals surface area contributed by atoms with E-state index >= 15 is 0 Å². The first-order chi connectivity index (χ1) is 14.0. The fourth-order valence-corrected chi connectivity index (χ4v) is 3.96. The van der Waals surface area contributed by atoms with E-state index in [0.29, 0.717) is 25.9 Å². The normalized spacial score (nSPS) is 11.2. The Kier molecular flexibility index (Phi) is 5.12. The second kappa shape index (κ2) is 7.73. The molecule has 9 heteroatoms. The maximum Gasteiger partial charge on any atom is 0.278 e. The zero-order chi connectivity index (χ0) is 20.5. The molecular formula is C20H16ClN5O2S. The predicted molar refractivity (Wildman–Crippen MR) is 115 cm³/mol. The fourth-order valence-electron chi connectivity index (χ4n) is 2.90. The van der Waals surface area contributed by atoms with Gasteiger partial charge in [-0.15, -0.1) is 10.2 Å². The molecular weight excluding hydrogens is 410 g/mol. The number of nitrogens with zero attached hydrogens (tertiary/aromatic N) is 4. The molecule has 0 aliphatic rings. The highest BCUT2D eigenvalue weighted by Crippen LogP contribution is 2.31. The third-order valence-corrected chi connectivity index (χ3v) is 5.48. The van der Waals surface area contributed by atoms with Gasteiger partial charge < -0.3 is 0 Å². The lowest BCUT2D eigenvalue weighted by molar-refractivity contribution is 0.102. The van der Waals surface area contributed by atoms with Crippen molar-refractivity contribution in [1.29, 1.82) is 0 Å². The summed E-state index contributed by atoms with van der Waals surface area (Å²) in [5.41, 5.74) is 0.663. The van der Waals surface area contributed by atoms with Crippen LogP contribution < -0.4 is 10.9 Å². The van der Waals surface area contributed by atoms with Crippen molar-refractivity contribution in [3.05, 3.63) is 69.6 Å². The second-order valence-corrected chi connectivity index (χ2v) is 7.97. The van der Waals surface area contributed by atoms with Crippen molar-refractivity contribution in [3.63, 3.8) is 0 Å². The molecule has 146 valence electrons. The zero-order valence-corrected chi connectivity index (χ0v) is 17.2. The van der Waals surface area contributed by atoms with E-state index in [0.717, 1.165) is 5.56 Å². The molecule has 0 aliphatic carbocycles. The molecule has 0 aliphatic heterocycles. The number of hydrogen-bond acceptors (Lipinski definition) is 6. The number of anilines is 1. The quantitative estimate of drug-likeness (QED) is 0.523. The number of amides is 1. The summed E-state index contributed by atoms with van der Waals surface area (Å²) in [4.78, 5) is 25.6. The average molecular weight is 426 g/mol. The number of fused-ring (bicyclic) bond motifs is 1. The Hall–Kier alpha value is -3.10. The van der Waals surface area contributed by atoms with Gasteiger partial charge in [0, 0.05) is 10.9 Å². The first kappa shape index (κ1) is 19.2. The number of carbonyl (C=O) groups excluding carboxylic acids is 1. The third kappa shape index (κ3) is 3.64. The lowest BCUT2D eigenvalue weighted by Crippen LogP contribution is -2.28. The molecule has 1 amide bonds. The highest BCUT2D eigenvalue weighted by Gasteiger charge is 2.19. The Labute approximate surface area is 175 Å². The van der Waals surface area contributed by atoms with Gasteiger partial charge >= 0.3 is 0 Å². The summed E-state index contributed by atoms with van der Waals surface area (Å²) in [7, 11) is 0. The number of benzene rings is 2. The van der Waals surface area contributed by atoms with Crippen LogP contribution in [0.1, 0.15) is 30.4 Å². The van der Waals surface area contributed by atoms with Crippen LogP contribution in [-0.4, -0.2) is 25.9 Å². The molecule has 0 atom stereocenters. The number of rotatable bonds is 4. The first-order valence-corrected chi connectivity index (χ1v) is 10.1. The lowest BCUT2D eigenvalue weighted by atomic mass is 10.1. The smallest absolute Gasteiger partial charge is 0.278 e. The third-order valence-electron chi connectivity index (χ3n) is 4.28. The van der Waals surface area contributed by atoms with Crippen LogP contribution in [0.4, 0.5) is 5.13 Å². The molecule has 4 aromatic rings. The van der Waals surface area contributed by atoms with E-state index in [-0.39, 0.29) is 17.3 Å². The van der Waals surface area contributed by atoms with Crippen LogP contribution in [0, 0.1) is 0 Å². The SMILES string of the molecule is CC(C)n1nc(C(=O)Nc2nnc(-c3ccccc3Cl)s2)c2ccccc2c1=O. The zero-order valence-electron chi connectivity index (χ0n) is 15.6. The van der Waals surface area contributed by atoms with Crippen molar-refractivity contribution < 1.29 is 4.79 Å². The summed E-state index contributed by atoms with van der Waals surface area (Å²) in [5.74, 6) is -0.461. The lowest BCUT2D eigenvalue weighted by Gasteiger charge is -2.12. The Morgan fingerprint density at radius 1 is 1.07 bits per heavy atom. The van der Waals surface area contributed by atoms with Gasteiger partial charge in [0.2, 0.25) is 5.13 Å². The standard InChI is InChI=1S/C20H16ClN5O2S/c1-11(2)26-19(28)13-8-4-3-7-12(13)16(25-26)17(27)22-20-24-23-18(29-20)14-9-5-6-10-15(14)21/h3-11H,1-2H3,(H,22,24,27). The fraction of sp³-hybridized carbons (Fsp3) is 0.150. The number of halogens is 1.